The molecule has 3 saturated carbocycles. The van der Waals surface area contributed by atoms with Crippen LogP contribution in [0.2, 0.25) is 0 Å². The van der Waals surface area contributed by atoms with Crippen LogP contribution in [0.4, 0.5) is 0 Å². The molecule has 2 unspecified atom stereocenters. The fourth-order valence-corrected chi connectivity index (χ4v) is 9.40. The quantitative estimate of drug-likeness (QED) is 0.0231. The maximum absolute atomic E-state index is 13.6. The Morgan fingerprint density at radius 2 is 0.695 bits per heavy atom. The van der Waals surface area contributed by atoms with E-state index in [0.717, 1.165) is 25.0 Å². The molecule has 3 fully saturated rings. The van der Waals surface area contributed by atoms with Crippen LogP contribution in [-0.2, 0) is 66.8 Å². The summed E-state index contributed by atoms with van der Waals surface area (Å²) in [5.41, 5.74) is -0.225. The molecule has 0 radical (unpaired) electrons. The molecule has 0 spiro atoms. The number of hydrogen-bond acceptors (Lipinski definition) is 20. The number of benzene rings is 2. The maximum atomic E-state index is 13.6. The monoisotopic (exact) mass is 1140 g/mol. The third-order valence-corrected chi connectivity index (χ3v) is 15.2. The topological polar surface area (TPSA) is 263 Å². The van der Waals surface area contributed by atoms with Crippen molar-refractivity contribution in [2.45, 2.75) is 143 Å². The van der Waals surface area contributed by atoms with Crippen molar-refractivity contribution in [3.05, 3.63) is 72.8 Å². The zero-order valence-corrected chi connectivity index (χ0v) is 47.8. The van der Waals surface area contributed by atoms with Gasteiger partial charge in [0.1, 0.15) is 34.1 Å². The summed E-state index contributed by atoms with van der Waals surface area (Å²) in [7, 11) is 0. The Hall–Kier alpha value is -7.38. The van der Waals surface area contributed by atoms with Gasteiger partial charge in [-0.25, -0.2) is 19.2 Å². The second-order valence-corrected chi connectivity index (χ2v) is 21.4. The van der Waals surface area contributed by atoms with Crippen molar-refractivity contribution < 1.29 is 95.3 Å². The lowest BCUT2D eigenvalue weighted by Crippen LogP contribution is -2.30. The Morgan fingerprint density at radius 3 is 0.988 bits per heavy atom. The molecule has 5 rings (SSSR count). The predicted octanol–water partition coefficient (Wildman–Crippen LogP) is 9.94. The minimum atomic E-state index is -0.775. The maximum Gasteiger partial charge on any atom is 0.342 e. The second-order valence-electron chi connectivity index (χ2n) is 21.4. The third kappa shape index (κ3) is 21.2. The van der Waals surface area contributed by atoms with Gasteiger partial charge in [-0.05, 0) is 151 Å². The highest BCUT2D eigenvalue weighted by atomic mass is 16.6. The van der Waals surface area contributed by atoms with Crippen LogP contribution in [0.1, 0.15) is 164 Å². The lowest BCUT2D eigenvalue weighted by atomic mass is 9.82. The first-order valence-corrected chi connectivity index (χ1v) is 28.8. The molecule has 0 heterocycles. The summed E-state index contributed by atoms with van der Waals surface area (Å²) in [6.45, 7) is 15.4. The molecule has 20 heteroatoms. The van der Waals surface area contributed by atoms with E-state index in [2.05, 4.69) is 13.2 Å². The highest BCUT2D eigenvalue weighted by Gasteiger charge is 2.36. The van der Waals surface area contributed by atoms with Gasteiger partial charge in [-0.3, -0.25) is 28.8 Å². The van der Waals surface area contributed by atoms with Gasteiger partial charge in [0, 0.05) is 12.2 Å². The zero-order valence-electron chi connectivity index (χ0n) is 47.8. The van der Waals surface area contributed by atoms with E-state index in [1.807, 2.05) is 27.7 Å². The molecule has 0 N–H and O–H groups in total. The van der Waals surface area contributed by atoms with E-state index in [4.69, 9.17) is 47.4 Å². The minimum Gasteiger partial charge on any atom is -0.465 e. The van der Waals surface area contributed by atoms with E-state index in [9.17, 15) is 47.9 Å². The van der Waals surface area contributed by atoms with Gasteiger partial charge in [0.15, 0.2) is 0 Å². The van der Waals surface area contributed by atoms with Gasteiger partial charge in [0.2, 0.25) is 0 Å². The molecule has 0 aromatic heterocycles. The van der Waals surface area contributed by atoms with Crippen LogP contribution in [0, 0.1) is 47.3 Å². The van der Waals surface area contributed by atoms with E-state index < -0.39 is 71.4 Å². The first-order chi connectivity index (χ1) is 39.4. The molecule has 3 aliphatic rings. The molecule has 0 bridgehead atoms. The van der Waals surface area contributed by atoms with Gasteiger partial charge in [0.05, 0.1) is 75.1 Å². The van der Waals surface area contributed by atoms with Gasteiger partial charge >= 0.3 is 59.7 Å². The predicted molar refractivity (Wildman–Crippen MR) is 294 cm³/mol. The van der Waals surface area contributed by atoms with E-state index in [0.29, 0.717) is 77.0 Å². The average molecular weight is 1150 g/mol. The van der Waals surface area contributed by atoms with Gasteiger partial charge in [-0.2, -0.15) is 0 Å². The van der Waals surface area contributed by atoms with Crippen molar-refractivity contribution in [3.8, 4) is 23.0 Å². The Labute approximate surface area is 479 Å². The number of ether oxygens (including phenoxy) is 10. The Morgan fingerprint density at radius 1 is 0.415 bits per heavy atom. The minimum absolute atomic E-state index is 0.0202. The van der Waals surface area contributed by atoms with Crippen LogP contribution in [0.3, 0.4) is 0 Å². The highest BCUT2D eigenvalue weighted by Crippen LogP contribution is 2.37. The summed E-state index contributed by atoms with van der Waals surface area (Å²) >= 11 is 0. The highest BCUT2D eigenvalue weighted by molar-refractivity contribution is 5.95. The van der Waals surface area contributed by atoms with Crippen LogP contribution in [0.15, 0.2) is 61.7 Å². The molecular weight excluding hydrogens is 1060 g/mol. The first kappa shape index (κ1) is 65.4. The standard InChI is InChI=1S/C62H80O20/c1-7-39(5)37-77-61(71)49-35-47(27-29-51(49)81-59(69)45-19-15-41(16-20-45)55(65)75-33-13-11-31-73-53(63)9-3)79-57(67)43-23-25-44(26-24-43)58(68)80-48-28-30-52(50(36-48)62(72)78-38-40(6)8-2)82-60(70)46-21-17-42(18-22-46)56(66)76-34-14-12-32-74-54(64)10-4/h9-10,27-30,35-36,39-46H,3-4,7-8,11-26,31-34,37-38H2,1-2,5-6H3. The SMILES string of the molecule is C=CC(=O)OCCCCOC(=O)C1CCC(C(=O)Oc2ccc(OC(=O)C3CCC(C(=O)Oc4ccc(OC(=O)C5CCC(C(=O)OCCCCOC(=O)C=C)CC5)c(C(=O)OCC(C)CC)c4)CC3)cc2C(=O)OCC(C)CC)CC1. The molecule has 0 aliphatic heterocycles. The van der Waals surface area contributed by atoms with Crippen LogP contribution >= 0.6 is 0 Å². The molecule has 2 aromatic rings. The molecule has 0 amide bonds. The number of unbranched alkanes of at least 4 members (excludes halogenated alkanes) is 2. The Balaban J connectivity index is 1.13. The Kier molecular flexibility index (Phi) is 27.3. The largest absolute Gasteiger partial charge is 0.465 e. The molecule has 82 heavy (non-hydrogen) atoms. The summed E-state index contributed by atoms with van der Waals surface area (Å²) in [4.78, 5) is 129. The van der Waals surface area contributed by atoms with Crippen molar-refractivity contribution in [3.63, 3.8) is 0 Å². The van der Waals surface area contributed by atoms with Crippen molar-refractivity contribution in [2.24, 2.45) is 47.3 Å². The van der Waals surface area contributed by atoms with Crippen molar-refractivity contribution in [2.75, 3.05) is 39.6 Å². The summed E-state index contributed by atoms with van der Waals surface area (Å²) in [5.74, 6) is -8.74. The summed E-state index contributed by atoms with van der Waals surface area (Å²) < 4.78 is 54.9. The van der Waals surface area contributed by atoms with E-state index in [1.54, 1.807) is 0 Å². The molecule has 2 aromatic carbocycles. The normalized spacial score (nSPS) is 20.2. The molecule has 2 atom stereocenters. The first-order valence-electron chi connectivity index (χ1n) is 28.8. The number of rotatable bonds is 30. The van der Waals surface area contributed by atoms with Gasteiger partial charge < -0.3 is 47.4 Å². The molecule has 3 aliphatic carbocycles. The third-order valence-electron chi connectivity index (χ3n) is 15.2. The molecule has 0 saturated heterocycles. The van der Waals surface area contributed by atoms with Crippen molar-refractivity contribution >= 4 is 59.7 Å². The molecule has 448 valence electrons. The number of carbonyl (C=O) groups is 10. The molecular formula is C62H80O20. The zero-order chi connectivity index (χ0) is 59.6. The lowest BCUT2D eigenvalue weighted by molar-refractivity contribution is -0.152. The van der Waals surface area contributed by atoms with E-state index in [1.165, 1.54) is 36.4 Å². The van der Waals surface area contributed by atoms with Gasteiger partial charge in [-0.15, -0.1) is 0 Å². The lowest BCUT2D eigenvalue weighted by Gasteiger charge is -2.26. The summed E-state index contributed by atoms with van der Waals surface area (Å²) in [6, 6.07) is 8.17. The average Bonchev–Trinajstić information content (AvgIpc) is 3.65. The number of esters is 10. The van der Waals surface area contributed by atoms with Crippen molar-refractivity contribution in [1.82, 2.24) is 0 Å². The van der Waals surface area contributed by atoms with Crippen LogP contribution in [0.5, 0.6) is 23.0 Å². The van der Waals surface area contributed by atoms with Crippen LogP contribution in [-0.4, -0.2) is 99.3 Å². The smallest absolute Gasteiger partial charge is 0.342 e. The van der Waals surface area contributed by atoms with E-state index >= 15 is 0 Å². The number of hydrogen-bond donors (Lipinski definition) is 0. The fourth-order valence-electron chi connectivity index (χ4n) is 9.40. The van der Waals surface area contributed by atoms with Gasteiger partial charge in [-0.1, -0.05) is 53.7 Å². The fraction of sp³-hybridized carbons (Fsp3) is 0.581. The van der Waals surface area contributed by atoms with Crippen LogP contribution < -0.4 is 18.9 Å². The second kappa shape index (κ2) is 34.2. The Bertz CT molecular complexity index is 2370. The summed E-state index contributed by atoms with van der Waals surface area (Å²) in [6.07, 6.45) is 9.86. The van der Waals surface area contributed by atoms with Crippen molar-refractivity contribution in [1.29, 1.82) is 0 Å². The summed E-state index contributed by atoms with van der Waals surface area (Å²) in [5, 5.41) is 0. The number of carbonyl (C=O) groups excluding carboxylic acids is 10. The van der Waals surface area contributed by atoms with E-state index in [-0.39, 0.29) is 135 Å². The molecule has 20 nitrogen and oxygen atoms in total. The van der Waals surface area contributed by atoms with Gasteiger partial charge in [0.25, 0.3) is 0 Å². The van der Waals surface area contributed by atoms with Crippen LogP contribution in [0.25, 0.3) is 0 Å².